The minimum absolute atomic E-state index is 0.0414. The molecule has 10 heteroatoms. The summed E-state index contributed by atoms with van der Waals surface area (Å²) in [5, 5.41) is 5.29. The first-order valence-corrected chi connectivity index (χ1v) is 15.7. The van der Waals surface area contributed by atoms with Crippen molar-refractivity contribution < 1.29 is 17.9 Å². The van der Waals surface area contributed by atoms with Crippen LogP contribution in [0.25, 0.3) is 0 Å². The first kappa shape index (κ1) is 26.9. The lowest BCUT2D eigenvalue weighted by Crippen LogP contribution is -2.45. The van der Waals surface area contributed by atoms with E-state index < -0.39 is 15.9 Å². The number of rotatable bonds is 0. The van der Waals surface area contributed by atoms with E-state index in [9.17, 15) is 13.2 Å². The molecule has 1 atom stereocenters. The molecule has 6 rings (SSSR count). The number of ether oxygens (including phenoxy) is 1. The summed E-state index contributed by atoms with van der Waals surface area (Å²) in [5.74, 6) is 0.125. The van der Waals surface area contributed by atoms with Crippen LogP contribution >= 0.6 is 11.6 Å². The van der Waals surface area contributed by atoms with Crippen LogP contribution in [0.15, 0.2) is 65.8 Å². The number of aromatic nitrogens is 2. The summed E-state index contributed by atoms with van der Waals surface area (Å²) in [5.41, 5.74) is 3.88. The van der Waals surface area contributed by atoms with Crippen molar-refractivity contribution in [3.63, 3.8) is 0 Å². The zero-order valence-corrected chi connectivity index (χ0v) is 23.9. The zero-order valence-electron chi connectivity index (χ0n) is 22.3. The second kappa shape index (κ2) is 10.9. The number of nitrogens with one attached hydrogen (secondary N) is 1. The molecule has 3 heterocycles. The number of sulfonamides is 1. The maximum Gasteiger partial charge on any atom is 0.264 e. The Labute approximate surface area is 240 Å². The minimum Gasteiger partial charge on any atom is -0.490 e. The van der Waals surface area contributed by atoms with E-state index in [1.165, 1.54) is 17.2 Å². The second-order valence-electron chi connectivity index (χ2n) is 11.0. The van der Waals surface area contributed by atoms with Gasteiger partial charge in [-0.05, 0) is 80.0 Å². The third kappa shape index (κ3) is 5.49. The number of fused-ring (bicyclic) bond motifs is 5. The Balaban J connectivity index is 1.43. The highest BCUT2D eigenvalue weighted by Gasteiger charge is 2.42. The first-order chi connectivity index (χ1) is 19.3. The number of allylic oxidation sites excluding steroid dienone is 2. The Kier molecular flexibility index (Phi) is 7.35. The molecule has 0 saturated heterocycles. The molecular formula is C30H33ClN4O4S. The maximum absolute atomic E-state index is 13.2. The lowest BCUT2D eigenvalue weighted by Gasteiger charge is -2.40. The van der Waals surface area contributed by atoms with Gasteiger partial charge in [-0.3, -0.25) is 9.48 Å². The van der Waals surface area contributed by atoms with Crippen LogP contribution in [0.1, 0.15) is 55.2 Å². The van der Waals surface area contributed by atoms with Crippen LogP contribution in [0, 0.1) is 0 Å². The summed E-state index contributed by atoms with van der Waals surface area (Å²) in [6, 6.07) is 11.0. The summed E-state index contributed by atoms with van der Waals surface area (Å²) in [7, 11) is -4.04. The number of aryl methyl sites for hydroxylation is 1. The number of carbonyl (C=O) groups excluding carboxylic acids is 1. The Morgan fingerprint density at radius 3 is 2.85 bits per heavy atom. The quantitative estimate of drug-likeness (QED) is 0.370. The van der Waals surface area contributed by atoms with E-state index >= 15 is 0 Å². The molecule has 0 radical (unpaired) electrons. The van der Waals surface area contributed by atoms with Crippen LogP contribution in [0.2, 0.25) is 5.02 Å². The first-order valence-electron chi connectivity index (χ1n) is 13.8. The number of halogens is 1. The Morgan fingerprint density at radius 2 is 1.95 bits per heavy atom. The smallest absolute Gasteiger partial charge is 0.264 e. The molecule has 1 unspecified atom stereocenters. The lowest BCUT2D eigenvalue weighted by molar-refractivity contribution is -0.119. The van der Waals surface area contributed by atoms with Gasteiger partial charge in [-0.25, -0.2) is 13.1 Å². The molecule has 40 heavy (non-hydrogen) atoms. The highest BCUT2D eigenvalue weighted by atomic mass is 35.5. The van der Waals surface area contributed by atoms with Crippen molar-refractivity contribution in [1.29, 1.82) is 0 Å². The molecule has 1 amide bonds. The molecule has 1 spiro atoms. The number of carbonyl (C=O) groups is 1. The summed E-state index contributed by atoms with van der Waals surface area (Å²) in [6.07, 6.45) is 13.4. The van der Waals surface area contributed by atoms with E-state index in [4.69, 9.17) is 16.3 Å². The van der Waals surface area contributed by atoms with Crippen LogP contribution in [0.4, 0.5) is 5.69 Å². The number of nitrogens with zero attached hydrogens (tertiary/aromatic N) is 3. The molecule has 1 aromatic heterocycles. The summed E-state index contributed by atoms with van der Waals surface area (Å²) in [4.78, 5) is 14.7. The average Bonchev–Trinajstić information content (AvgIpc) is 3.31. The molecule has 1 aliphatic carbocycles. The average molecular weight is 581 g/mol. The lowest BCUT2D eigenvalue weighted by atomic mass is 9.70. The molecule has 210 valence electrons. The van der Waals surface area contributed by atoms with Crippen LogP contribution in [0.3, 0.4) is 0 Å². The largest absolute Gasteiger partial charge is 0.490 e. The van der Waals surface area contributed by atoms with Gasteiger partial charge in [0.1, 0.15) is 5.75 Å². The van der Waals surface area contributed by atoms with E-state index in [0.717, 1.165) is 42.7 Å². The number of amides is 1. The van der Waals surface area contributed by atoms with Gasteiger partial charge < -0.3 is 9.64 Å². The van der Waals surface area contributed by atoms with E-state index in [0.29, 0.717) is 44.1 Å². The molecule has 3 aromatic rings. The third-order valence-electron chi connectivity index (χ3n) is 8.11. The number of benzene rings is 2. The number of hydrogen-bond donors (Lipinski definition) is 1. The van der Waals surface area contributed by atoms with Crippen molar-refractivity contribution in [2.24, 2.45) is 0 Å². The second-order valence-corrected chi connectivity index (χ2v) is 13.1. The van der Waals surface area contributed by atoms with E-state index in [-0.39, 0.29) is 16.7 Å². The molecule has 0 saturated carbocycles. The fourth-order valence-corrected chi connectivity index (χ4v) is 7.38. The van der Waals surface area contributed by atoms with Gasteiger partial charge in [-0.1, -0.05) is 29.8 Å². The van der Waals surface area contributed by atoms with Crippen molar-refractivity contribution in [3.8, 4) is 5.75 Å². The van der Waals surface area contributed by atoms with Crippen molar-refractivity contribution in [2.45, 2.75) is 68.3 Å². The molecule has 2 aliphatic heterocycles. The Hall–Kier alpha value is -3.30. The van der Waals surface area contributed by atoms with Gasteiger partial charge in [0.2, 0.25) is 5.91 Å². The van der Waals surface area contributed by atoms with Gasteiger partial charge in [0, 0.05) is 41.7 Å². The zero-order chi connectivity index (χ0) is 27.7. The van der Waals surface area contributed by atoms with E-state index in [2.05, 4.69) is 39.0 Å². The standard InChI is InChI=1S/C30H33ClN4O4S/c31-24-9-11-26-23(15-24)7-6-13-30(26)20-34-18-22-17-32-35(19-22)14-5-3-1-2-4-8-29(36)33-40(37,38)25-10-12-28(39-21-30)27(34)16-25/h3,5,9-12,15-17,19H,1-2,4,6-8,13-14,18,20-21H2,(H,33,36)/b5-3-. The minimum atomic E-state index is -4.04. The predicted octanol–water partition coefficient (Wildman–Crippen LogP) is 5.14. The summed E-state index contributed by atoms with van der Waals surface area (Å²) in [6.45, 7) is 2.30. The molecule has 4 bridgehead atoms. The fourth-order valence-electron chi connectivity index (χ4n) is 6.16. The van der Waals surface area contributed by atoms with Gasteiger partial charge in [0.25, 0.3) is 10.0 Å². The van der Waals surface area contributed by atoms with Gasteiger partial charge >= 0.3 is 0 Å². The third-order valence-corrected chi connectivity index (χ3v) is 9.72. The summed E-state index contributed by atoms with van der Waals surface area (Å²) < 4.78 is 37.1. The summed E-state index contributed by atoms with van der Waals surface area (Å²) >= 11 is 6.36. The van der Waals surface area contributed by atoms with Crippen LogP contribution < -0.4 is 14.4 Å². The SMILES string of the molecule is O=C1CCCC/C=C\Cn2cc(cn2)CN2CC3(CCCc4cc(Cl)ccc43)COc3ccc(cc32)S(=O)(=O)N1. The van der Waals surface area contributed by atoms with Crippen molar-refractivity contribution >= 4 is 33.2 Å². The van der Waals surface area contributed by atoms with Crippen molar-refractivity contribution in [3.05, 3.63) is 82.7 Å². The molecule has 8 nitrogen and oxygen atoms in total. The van der Waals surface area contributed by atoms with Crippen molar-refractivity contribution in [2.75, 3.05) is 18.1 Å². The maximum atomic E-state index is 13.2. The van der Waals surface area contributed by atoms with Gasteiger partial charge in [-0.2, -0.15) is 5.10 Å². The van der Waals surface area contributed by atoms with Gasteiger partial charge in [0.15, 0.2) is 0 Å². The molecule has 2 aromatic carbocycles. The predicted molar refractivity (Wildman–Crippen MR) is 154 cm³/mol. The molecule has 3 aliphatic rings. The monoisotopic (exact) mass is 580 g/mol. The highest BCUT2D eigenvalue weighted by molar-refractivity contribution is 7.90. The van der Waals surface area contributed by atoms with Gasteiger partial charge in [0.05, 0.1) is 29.9 Å². The van der Waals surface area contributed by atoms with Gasteiger partial charge in [-0.15, -0.1) is 0 Å². The Bertz CT molecular complexity index is 1570. The normalized spacial score (nSPS) is 23.6. The number of anilines is 1. The van der Waals surface area contributed by atoms with E-state index in [1.54, 1.807) is 12.1 Å². The van der Waals surface area contributed by atoms with Crippen LogP contribution in [0.5, 0.6) is 5.75 Å². The highest BCUT2D eigenvalue weighted by Crippen LogP contribution is 2.45. The molecular weight excluding hydrogens is 548 g/mol. The van der Waals surface area contributed by atoms with Crippen molar-refractivity contribution in [1.82, 2.24) is 14.5 Å². The van der Waals surface area contributed by atoms with Crippen LogP contribution in [-0.4, -0.2) is 37.3 Å². The van der Waals surface area contributed by atoms with Crippen LogP contribution in [-0.2, 0) is 39.7 Å². The number of hydrogen-bond acceptors (Lipinski definition) is 6. The van der Waals surface area contributed by atoms with E-state index in [1.807, 2.05) is 23.1 Å². The topological polar surface area (TPSA) is 93.5 Å². The molecule has 0 fully saturated rings. The Morgan fingerprint density at radius 1 is 1.05 bits per heavy atom. The fraction of sp³-hybridized carbons (Fsp3) is 0.400. The molecule has 1 N–H and O–H groups in total.